The van der Waals surface area contributed by atoms with E-state index < -0.39 is 0 Å². The molecule has 0 bridgehead atoms. The lowest BCUT2D eigenvalue weighted by Crippen LogP contribution is -2.47. The molecule has 7 heteroatoms. The molecule has 7 nitrogen and oxygen atoms in total. The molecule has 1 aromatic heterocycles. The average Bonchev–Trinajstić information content (AvgIpc) is 3.26. The molecule has 2 aromatic rings. The molecule has 0 spiro atoms. The molecule has 0 unspecified atom stereocenters. The molecule has 1 aromatic carbocycles. The van der Waals surface area contributed by atoms with E-state index in [4.69, 9.17) is 9.15 Å². The Hall–Kier alpha value is -2.96. The highest BCUT2D eigenvalue weighted by Gasteiger charge is 2.30. The first-order chi connectivity index (χ1) is 13.7. The third kappa shape index (κ3) is 4.13. The van der Waals surface area contributed by atoms with Crippen molar-refractivity contribution < 1.29 is 18.7 Å². The first-order valence-corrected chi connectivity index (χ1v) is 9.78. The normalized spacial score (nSPS) is 19.4. The van der Waals surface area contributed by atoms with Crippen molar-refractivity contribution in [3.63, 3.8) is 0 Å². The minimum atomic E-state index is -0.117. The fourth-order valence-corrected chi connectivity index (χ4v) is 3.81. The number of piperidine rings is 1. The average molecular weight is 383 g/mol. The van der Waals surface area contributed by atoms with Crippen LogP contribution in [0.5, 0.6) is 5.75 Å². The van der Waals surface area contributed by atoms with Crippen LogP contribution in [0.25, 0.3) is 0 Å². The number of carbonyl (C=O) groups excluding carboxylic acids is 2. The van der Waals surface area contributed by atoms with Gasteiger partial charge in [-0.3, -0.25) is 4.79 Å². The number of amides is 3. The number of urea groups is 1. The first-order valence-electron chi connectivity index (χ1n) is 9.78. The lowest BCUT2D eigenvalue weighted by Gasteiger charge is -2.33. The van der Waals surface area contributed by atoms with E-state index in [1.165, 1.54) is 0 Å². The Labute approximate surface area is 164 Å². The van der Waals surface area contributed by atoms with Crippen molar-refractivity contribution in [2.45, 2.75) is 31.8 Å². The first kappa shape index (κ1) is 18.4. The van der Waals surface area contributed by atoms with Gasteiger partial charge in [0.1, 0.15) is 11.5 Å². The van der Waals surface area contributed by atoms with E-state index in [1.54, 1.807) is 17.2 Å². The van der Waals surface area contributed by atoms with Crippen LogP contribution >= 0.6 is 0 Å². The molecule has 148 valence electrons. The van der Waals surface area contributed by atoms with Gasteiger partial charge in [-0.15, -0.1) is 0 Å². The van der Waals surface area contributed by atoms with Gasteiger partial charge in [-0.25, -0.2) is 4.79 Å². The summed E-state index contributed by atoms with van der Waals surface area (Å²) in [6.07, 6.45) is 3.70. The molecule has 1 fully saturated rings. The van der Waals surface area contributed by atoms with Crippen LogP contribution < -0.4 is 15.4 Å². The molecule has 2 N–H and O–H groups in total. The molecule has 4 rings (SSSR count). The topological polar surface area (TPSA) is 83.8 Å². The Morgan fingerprint density at radius 1 is 1.07 bits per heavy atom. The van der Waals surface area contributed by atoms with Crippen LogP contribution in [0, 0.1) is 5.92 Å². The highest BCUT2D eigenvalue weighted by Crippen LogP contribution is 2.32. The summed E-state index contributed by atoms with van der Waals surface area (Å²) < 4.78 is 10.9. The highest BCUT2D eigenvalue weighted by atomic mass is 16.5. The number of likely N-dealkylation sites (tertiary alicyclic amines) is 1. The van der Waals surface area contributed by atoms with Gasteiger partial charge in [0.25, 0.3) is 0 Å². The van der Waals surface area contributed by atoms with Crippen molar-refractivity contribution in [2.75, 3.05) is 19.7 Å². The summed E-state index contributed by atoms with van der Waals surface area (Å²) in [7, 11) is 0. The highest BCUT2D eigenvalue weighted by molar-refractivity contribution is 5.80. The molecule has 3 heterocycles. The lowest BCUT2D eigenvalue weighted by atomic mass is 9.94. The van der Waals surface area contributed by atoms with Gasteiger partial charge < -0.3 is 24.7 Å². The lowest BCUT2D eigenvalue weighted by molar-refractivity contribution is -0.127. The Morgan fingerprint density at radius 2 is 1.89 bits per heavy atom. The molecule has 2 aliphatic rings. The predicted octanol–water partition coefficient (Wildman–Crippen LogP) is 2.84. The van der Waals surface area contributed by atoms with Crippen molar-refractivity contribution in [3.8, 4) is 5.75 Å². The third-order valence-corrected chi connectivity index (χ3v) is 5.42. The maximum absolute atomic E-state index is 12.8. The third-order valence-electron chi connectivity index (χ3n) is 5.42. The SMILES string of the molecule is O=C(N[C@@H]1CCOc2ccccc21)C1CCN(C(=O)NCc2ccco2)CC1. The summed E-state index contributed by atoms with van der Waals surface area (Å²) in [5.41, 5.74) is 1.04. The molecular formula is C21H25N3O4. The van der Waals surface area contributed by atoms with Gasteiger partial charge in [0.2, 0.25) is 5.91 Å². The molecule has 1 saturated heterocycles. The molecule has 0 radical (unpaired) electrons. The van der Waals surface area contributed by atoms with E-state index in [9.17, 15) is 9.59 Å². The molecule has 28 heavy (non-hydrogen) atoms. The Bertz CT molecular complexity index is 813. The van der Waals surface area contributed by atoms with E-state index >= 15 is 0 Å². The predicted molar refractivity (Wildman–Crippen MR) is 103 cm³/mol. The number of hydrogen-bond acceptors (Lipinski definition) is 4. The number of ether oxygens (including phenoxy) is 1. The number of benzene rings is 1. The summed E-state index contributed by atoms with van der Waals surface area (Å²) in [4.78, 5) is 26.8. The second kappa shape index (κ2) is 8.37. The fraction of sp³-hybridized carbons (Fsp3) is 0.429. The van der Waals surface area contributed by atoms with E-state index in [2.05, 4.69) is 10.6 Å². The summed E-state index contributed by atoms with van der Waals surface area (Å²) in [5, 5.41) is 6.04. The molecule has 0 saturated carbocycles. The van der Waals surface area contributed by atoms with Crippen molar-refractivity contribution >= 4 is 11.9 Å². The van der Waals surface area contributed by atoms with Gasteiger partial charge in [0.15, 0.2) is 0 Å². The van der Waals surface area contributed by atoms with Crippen molar-refractivity contribution in [1.29, 1.82) is 0 Å². The Kier molecular flexibility index (Phi) is 5.50. The number of rotatable bonds is 4. The maximum atomic E-state index is 12.8. The molecule has 3 amide bonds. The largest absolute Gasteiger partial charge is 0.493 e. The quantitative estimate of drug-likeness (QED) is 0.850. The van der Waals surface area contributed by atoms with Crippen LogP contribution in [0.4, 0.5) is 4.79 Å². The van der Waals surface area contributed by atoms with E-state index in [-0.39, 0.29) is 23.9 Å². The maximum Gasteiger partial charge on any atom is 0.317 e. The van der Waals surface area contributed by atoms with Crippen molar-refractivity contribution in [2.24, 2.45) is 5.92 Å². The van der Waals surface area contributed by atoms with E-state index in [0.717, 1.165) is 23.5 Å². The Balaban J connectivity index is 1.26. The number of carbonyl (C=O) groups is 2. The van der Waals surface area contributed by atoms with Crippen LogP contribution in [0.1, 0.15) is 36.6 Å². The van der Waals surface area contributed by atoms with E-state index in [0.29, 0.717) is 39.1 Å². The van der Waals surface area contributed by atoms with Crippen LogP contribution in [0.15, 0.2) is 47.1 Å². The summed E-state index contributed by atoms with van der Waals surface area (Å²) in [6.45, 7) is 2.13. The fourth-order valence-electron chi connectivity index (χ4n) is 3.81. The summed E-state index contributed by atoms with van der Waals surface area (Å²) >= 11 is 0. The van der Waals surface area contributed by atoms with Gasteiger partial charge in [-0.05, 0) is 31.0 Å². The smallest absolute Gasteiger partial charge is 0.317 e. The molecule has 0 aliphatic carbocycles. The zero-order valence-electron chi connectivity index (χ0n) is 15.7. The van der Waals surface area contributed by atoms with Crippen molar-refractivity contribution in [1.82, 2.24) is 15.5 Å². The van der Waals surface area contributed by atoms with Gasteiger partial charge in [-0.2, -0.15) is 0 Å². The van der Waals surface area contributed by atoms with Crippen LogP contribution in [-0.4, -0.2) is 36.5 Å². The van der Waals surface area contributed by atoms with Gasteiger partial charge >= 0.3 is 6.03 Å². The number of para-hydroxylation sites is 1. The zero-order valence-corrected chi connectivity index (χ0v) is 15.7. The monoisotopic (exact) mass is 383 g/mol. The van der Waals surface area contributed by atoms with Crippen LogP contribution in [0.2, 0.25) is 0 Å². The molecule has 1 atom stereocenters. The zero-order chi connectivity index (χ0) is 19.3. The molecule has 2 aliphatic heterocycles. The second-order valence-corrected chi connectivity index (χ2v) is 7.24. The van der Waals surface area contributed by atoms with Gasteiger partial charge in [0.05, 0.1) is 25.5 Å². The standard InChI is InChI=1S/C21H25N3O4/c25-20(23-18-9-13-28-19-6-2-1-5-17(18)19)15-7-10-24(11-8-15)21(26)22-14-16-4-3-12-27-16/h1-6,12,15,18H,7-11,13-14H2,(H,22,26)(H,23,25)/t18-/m1/s1. The number of fused-ring (bicyclic) bond motifs is 1. The van der Waals surface area contributed by atoms with Gasteiger partial charge in [-0.1, -0.05) is 18.2 Å². The Morgan fingerprint density at radius 3 is 2.68 bits per heavy atom. The number of nitrogens with zero attached hydrogens (tertiary/aromatic N) is 1. The molecular weight excluding hydrogens is 358 g/mol. The van der Waals surface area contributed by atoms with Crippen molar-refractivity contribution in [3.05, 3.63) is 54.0 Å². The van der Waals surface area contributed by atoms with Crippen LogP contribution in [0.3, 0.4) is 0 Å². The summed E-state index contributed by atoms with van der Waals surface area (Å²) in [6, 6.07) is 11.3. The van der Waals surface area contributed by atoms with E-state index in [1.807, 2.05) is 30.3 Å². The van der Waals surface area contributed by atoms with Crippen LogP contribution in [-0.2, 0) is 11.3 Å². The van der Waals surface area contributed by atoms with Gasteiger partial charge in [0, 0.05) is 31.0 Å². The summed E-state index contributed by atoms with van der Waals surface area (Å²) in [5.74, 6) is 1.57. The number of nitrogens with one attached hydrogen (secondary N) is 2. The number of furan rings is 1. The minimum Gasteiger partial charge on any atom is -0.493 e. The minimum absolute atomic E-state index is 0.00734. The number of hydrogen-bond donors (Lipinski definition) is 2. The second-order valence-electron chi connectivity index (χ2n) is 7.24.